The van der Waals surface area contributed by atoms with Crippen LogP contribution < -0.4 is 0 Å². The second kappa shape index (κ2) is 5.86. The lowest BCUT2D eigenvalue weighted by atomic mass is 9.82. The maximum Gasteiger partial charge on any atom is -0.00162 e. The van der Waals surface area contributed by atoms with Crippen molar-refractivity contribution in [3.8, 4) is 0 Å². The van der Waals surface area contributed by atoms with Gasteiger partial charge in [0.2, 0.25) is 0 Å². The third-order valence-electron chi connectivity index (χ3n) is 4.48. The SMILES string of the molecule is CC1CCC(C=CC2CCN(C)CC2)CC1. The van der Waals surface area contributed by atoms with Gasteiger partial charge in [-0.15, -0.1) is 0 Å². The second-order valence-corrected chi connectivity index (χ2v) is 6.05. The predicted molar refractivity (Wildman–Crippen MR) is 70.5 cm³/mol. The monoisotopic (exact) mass is 221 g/mol. The molecule has 2 fully saturated rings. The van der Waals surface area contributed by atoms with Crippen molar-refractivity contribution in [2.75, 3.05) is 20.1 Å². The van der Waals surface area contributed by atoms with E-state index in [0.717, 1.165) is 17.8 Å². The topological polar surface area (TPSA) is 3.24 Å². The van der Waals surface area contributed by atoms with Gasteiger partial charge in [-0.05, 0) is 63.6 Å². The molecule has 0 aromatic rings. The fourth-order valence-corrected chi connectivity index (χ4v) is 3.01. The maximum absolute atomic E-state index is 2.54. The first-order chi connectivity index (χ1) is 7.74. The highest BCUT2D eigenvalue weighted by atomic mass is 15.1. The molecule has 1 aliphatic heterocycles. The Kier molecular flexibility index (Phi) is 4.45. The van der Waals surface area contributed by atoms with E-state index in [1.807, 2.05) is 0 Å². The molecule has 0 aromatic carbocycles. The van der Waals surface area contributed by atoms with Gasteiger partial charge >= 0.3 is 0 Å². The van der Waals surface area contributed by atoms with E-state index in [1.165, 1.54) is 51.6 Å². The van der Waals surface area contributed by atoms with Crippen molar-refractivity contribution in [3.63, 3.8) is 0 Å². The molecule has 0 radical (unpaired) electrons. The summed E-state index contributed by atoms with van der Waals surface area (Å²) in [5.41, 5.74) is 0. The van der Waals surface area contributed by atoms with Crippen LogP contribution in [0.1, 0.15) is 45.4 Å². The maximum atomic E-state index is 2.54. The van der Waals surface area contributed by atoms with Crippen molar-refractivity contribution in [1.82, 2.24) is 4.90 Å². The lowest BCUT2D eigenvalue weighted by Crippen LogP contribution is -2.29. The van der Waals surface area contributed by atoms with Crippen LogP contribution in [0, 0.1) is 17.8 Å². The van der Waals surface area contributed by atoms with Crippen molar-refractivity contribution in [2.24, 2.45) is 17.8 Å². The van der Waals surface area contributed by atoms with E-state index in [4.69, 9.17) is 0 Å². The fraction of sp³-hybridized carbons (Fsp3) is 0.867. The highest BCUT2D eigenvalue weighted by Gasteiger charge is 2.17. The summed E-state index contributed by atoms with van der Waals surface area (Å²) in [6, 6.07) is 0. The average molecular weight is 221 g/mol. The number of likely N-dealkylation sites (tertiary alicyclic amines) is 1. The zero-order valence-corrected chi connectivity index (χ0v) is 11.0. The van der Waals surface area contributed by atoms with Crippen molar-refractivity contribution < 1.29 is 0 Å². The standard InChI is InChI=1S/C15H27N/c1-13-3-5-14(6-4-13)7-8-15-9-11-16(2)12-10-15/h7-8,13-15H,3-6,9-12H2,1-2H3. The number of piperidine rings is 1. The van der Waals surface area contributed by atoms with E-state index in [-0.39, 0.29) is 0 Å². The first-order valence-electron chi connectivity index (χ1n) is 7.11. The van der Waals surface area contributed by atoms with Gasteiger partial charge in [0.25, 0.3) is 0 Å². The Labute approximate surface area is 101 Å². The molecule has 1 saturated heterocycles. The van der Waals surface area contributed by atoms with Gasteiger partial charge in [-0.2, -0.15) is 0 Å². The van der Waals surface area contributed by atoms with Crippen molar-refractivity contribution >= 4 is 0 Å². The van der Waals surface area contributed by atoms with Gasteiger partial charge in [0.05, 0.1) is 0 Å². The molecule has 0 unspecified atom stereocenters. The summed E-state index contributed by atoms with van der Waals surface area (Å²) in [5.74, 6) is 2.75. The average Bonchev–Trinajstić information content (AvgIpc) is 2.30. The van der Waals surface area contributed by atoms with Crippen LogP contribution in [-0.2, 0) is 0 Å². The van der Waals surface area contributed by atoms with Crippen molar-refractivity contribution in [3.05, 3.63) is 12.2 Å². The number of hydrogen-bond donors (Lipinski definition) is 0. The zero-order chi connectivity index (χ0) is 11.4. The molecule has 1 saturated carbocycles. The Bertz CT molecular complexity index is 194. The van der Waals surface area contributed by atoms with Gasteiger partial charge in [0.1, 0.15) is 0 Å². The number of allylic oxidation sites excluding steroid dienone is 2. The molecular formula is C15H27N. The van der Waals surface area contributed by atoms with Crippen LogP contribution in [0.15, 0.2) is 12.2 Å². The molecule has 1 heterocycles. The van der Waals surface area contributed by atoms with Crippen LogP contribution in [0.5, 0.6) is 0 Å². The van der Waals surface area contributed by atoms with E-state index < -0.39 is 0 Å². The molecule has 0 aromatic heterocycles. The van der Waals surface area contributed by atoms with E-state index in [2.05, 4.69) is 31.0 Å². The van der Waals surface area contributed by atoms with E-state index in [0.29, 0.717) is 0 Å². The van der Waals surface area contributed by atoms with Gasteiger partial charge in [-0.3, -0.25) is 0 Å². The highest BCUT2D eigenvalue weighted by molar-refractivity contribution is 4.95. The van der Waals surface area contributed by atoms with Crippen LogP contribution >= 0.6 is 0 Å². The third kappa shape index (κ3) is 3.62. The van der Waals surface area contributed by atoms with Crippen LogP contribution in [0.4, 0.5) is 0 Å². The number of rotatable bonds is 2. The van der Waals surface area contributed by atoms with Crippen molar-refractivity contribution in [2.45, 2.75) is 45.4 Å². The molecule has 0 spiro atoms. The molecule has 2 rings (SSSR count). The van der Waals surface area contributed by atoms with Crippen LogP contribution in [0.25, 0.3) is 0 Å². The minimum Gasteiger partial charge on any atom is -0.306 e. The number of nitrogens with zero attached hydrogens (tertiary/aromatic N) is 1. The molecule has 16 heavy (non-hydrogen) atoms. The first-order valence-corrected chi connectivity index (χ1v) is 7.11. The van der Waals surface area contributed by atoms with Gasteiger partial charge in [0.15, 0.2) is 0 Å². The fourth-order valence-electron chi connectivity index (χ4n) is 3.01. The summed E-state index contributed by atoms with van der Waals surface area (Å²) >= 11 is 0. The Hall–Kier alpha value is -0.300. The van der Waals surface area contributed by atoms with Gasteiger partial charge in [-0.1, -0.05) is 31.9 Å². The normalized spacial score (nSPS) is 34.6. The highest BCUT2D eigenvalue weighted by Crippen LogP contribution is 2.30. The van der Waals surface area contributed by atoms with Gasteiger partial charge < -0.3 is 4.90 Å². The summed E-state index contributed by atoms with van der Waals surface area (Å²) in [6.07, 6.45) is 13.6. The first kappa shape index (κ1) is 12.2. The Morgan fingerprint density at radius 1 is 0.812 bits per heavy atom. The van der Waals surface area contributed by atoms with E-state index >= 15 is 0 Å². The van der Waals surface area contributed by atoms with Crippen LogP contribution in [-0.4, -0.2) is 25.0 Å². The quantitative estimate of drug-likeness (QED) is 0.643. The summed E-state index contributed by atoms with van der Waals surface area (Å²) in [6.45, 7) is 4.98. The zero-order valence-electron chi connectivity index (χ0n) is 11.0. The Morgan fingerprint density at radius 3 is 1.88 bits per heavy atom. The minimum absolute atomic E-state index is 0.871. The summed E-state index contributed by atoms with van der Waals surface area (Å²) in [5, 5.41) is 0. The summed E-state index contributed by atoms with van der Waals surface area (Å²) in [4.78, 5) is 2.45. The number of hydrogen-bond acceptors (Lipinski definition) is 1. The molecule has 1 aliphatic carbocycles. The van der Waals surface area contributed by atoms with Crippen molar-refractivity contribution in [1.29, 1.82) is 0 Å². The van der Waals surface area contributed by atoms with Gasteiger partial charge in [-0.25, -0.2) is 0 Å². The summed E-state index contributed by atoms with van der Waals surface area (Å²) in [7, 11) is 2.24. The second-order valence-electron chi connectivity index (χ2n) is 6.05. The molecule has 0 N–H and O–H groups in total. The Morgan fingerprint density at radius 2 is 1.31 bits per heavy atom. The summed E-state index contributed by atoms with van der Waals surface area (Å²) < 4.78 is 0. The molecule has 1 heteroatoms. The smallest absolute Gasteiger partial charge is 0.00162 e. The molecule has 0 bridgehead atoms. The van der Waals surface area contributed by atoms with Crippen LogP contribution in [0.3, 0.4) is 0 Å². The lowest BCUT2D eigenvalue weighted by Gasteiger charge is -2.28. The molecular weight excluding hydrogens is 194 g/mol. The minimum atomic E-state index is 0.871. The Balaban J connectivity index is 1.72. The molecule has 1 nitrogen and oxygen atoms in total. The van der Waals surface area contributed by atoms with E-state index in [1.54, 1.807) is 0 Å². The molecule has 2 aliphatic rings. The van der Waals surface area contributed by atoms with Gasteiger partial charge in [0, 0.05) is 0 Å². The molecule has 92 valence electrons. The van der Waals surface area contributed by atoms with Crippen LogP contribution in [0.2, 0.25) is 0 Å². The third-order valence-corrected chi connectivity index (χ3v) is 4.48. The lowest BCUT2D eigenvalue weighted by molar-refractivity contribution is 0.243. The largest absolute Gasteiger partial charge is 0.306 e. The van der Waals surface area contributed by atoms with E-state index in [9.17, 15) is 0 Å². The molecule has 0 amide bonds. The predicted octanol–water partition coefficient (Wildman–Crippen LogP) is 3.71. The molecule has 0 atom stereocenters.